The summed E-state index contributed by atoms with van der Waals surface area (Å²) in [6, 6.07) is 0. The molecule has 2 unspecified atom stereocenters. The van der Waals surface area contributed by atoms with E-state index in [0.717, 1.165) is 5.92 Å². The number of aliphatic imine (C=N–C) groups is 1. The normalized spacial score (nSPS) is 32.2. The standard InChI is InChI=1S/C11H19NO/c1-9-4-10(7-12-8-13)6-11(2,3)5-9/h9-10H,4-7H2,1-3H3. The molecule has 0 aromatic carbocycles. The molecule has 0 N–H and O–H groups in total. The Morgan fingerprint density at radius 3 is 2.69 bits per heavy atom. The summed E-state index contributed by atoms with van der Waals surface area (Å²) in [5, 5.41) is 0. The molecule has 2 atom stereocenters. The number of hydrogen-bond donors (Lipinski definition) is 0. The second kappa shape index (κ2) is 4.06. The Morgan fingerprint density at radius 2 is 2.15 bits per heavy atom. The lowest BCUT2D eigenvalue weighted by molar-refractivity contribution is 0.137. The van der Waals surface area contributed by atoms with Gasteiger partial charge in [0.2, 0.25) is 6.08 Å². The van der Waals surface area contributed by atoms with Crippen LogP contribution in [-0.4, -0.2) is 12.6 Å². The third-order valence-electron chi connectivity index (χ3n) is 2.89. The highest BCUT2D eigenvalue weighted by Gasteiger charge is 2.31. The van der Waals surface area contributed by atoms with Gasteiger partial charge in [-0.25, -0.2) is 9.79 Å². The van der Waals surface area contributed by atoms with Crippen LogP contribution in [0.25, 0.3) is 0 Å². The Morgan fingerprint density at radius 1 is 1.46 bits per heavy atom. The first-order chi connectivity index (χ1) is 6.03. The molecule has 1 saturated carbocycles. The second-order valence-corrected chi connectivity index (χ2v) is 5.21. The van der Waals surface area contributed by atoms with Gasteiger partial charge in [-0.3, -0.25) is 0 Å². The smallest absolute Gasteiger partial charge is 0.211 e. The lowest BCUT2D eigenvalue weighted by Gasteiger charge is -2.38. The summed E-state index contributed by atoms with van der Waals surface area (Å²) < 4.78 is 0. The first-order valence-electron chi connectivity index (χ1n) is 5.07. The van der Waals surface area contributed by atoms with E-state index in [1.54, 1.807) is 6.08 Å². The van der Waals surface area contributed by atoms with E-state index in [1.165, 1.54) is 19.3 Å². The Kier molecular flexibility index (Phi) is 3.27. The third kappa shape index (κ3) is 3.31. The van der Waals surface area contributed by atoms with Crippen molar-refractivity contribution in [2.75, 3.05) is 6.54 Å². The van der Waals surface area contributed by atoms with Gasteiger partial charge < -0.3 is 0 Å². The van der Waals surface area contributed by atoms with Gasteiger partial charge >= 0.3 is 0 Å². The largest absolute Gasteiger partial charge is 0.234 e. The lowest BCUT2D eigenvalue weighted by Crippen LogP contribution is -2.28. The molecule has 0 amide bonds. The van der Waals surface area contributed by atoms with Crippen molar-refractivity contribution in [2.45, 2.75) is 40.0 Å². The van der Waals surface area contributed by atoms with Gasteiger partial charge in [0.15, 0.2) is 0 Å². The van der Waals surface area contributed by atoms with Gasteiger partial charge in [-0.2, -0.15) is 0 Å². The average Bonchev–Trinajstić information content (AvgIpc) is 1.97. The summed E-state index contributed by atoms with van der Waals surface area (Å²) in [5.74, 6) is 1.37. The SMILES string of the molecule is CC1CC(CN=C=O)CC(C)(C)C1. The maximum Gasteiger partial charge on any atom is 0.234 e. The fourth-order valence-corrected chi connectivity index (χ4v) is 2.85. The van der Waals surface area contributed by atoms with Crippen molar-refractivity contribution in [1.29, 1.82) is 0 Å². The molecule has 2 heteroatoms. The average molecular weight is 181 g/mol. The van der Waals surface area contributed by atoms with Crippen LogP contribution in [0.2, 0.25) is 0 Å². The molecule has 0 aromatic heterocycles. The molecule has 2 nitrogen and oxygen atoms in total. The number of hydrogen-bond acceptors (Lipinski definition) is 2. The van der Waals surface area contributed by atoms with Crippen molar-refractivity contribution in [3.63, 3.8) is 0 Å². The topological polar surface area (TPSA) is 29.4 Å². The van der Waals surface area contributed by atoms with Crippen LogP contribution in [0, 0.1) is 17.3 Å². The van der Waals surface area contributed by atoms with E-state index in [9.17, 15) is 4.79 Å². The number of isocyanates is 1. The van der Waals surface area contributed by atoms with Crippen LogP contribution in [0.1, 0.15) is 40.0 Å². The molecule has 1 rings (SSSR count). The Labute approximate surface area is 80.4 Å². The molecule has 1 aliphatic carbocycles. The van der Waals surface area contributed by atoms with E-state index < -0.39 is 0 Å². The Hall–Kier alpha value is -0.620. The van der Waals surface area contributed by atoms with Gasteiger partial charge in [-0.05, 0) is 36.5 Å². The Balaban J connectivity index is 2.52. The highest BCUT2D eigenvalue weighted by Crippen LogP contribution is 2.41. The fourth-order valence-electron chi connectivity index (χ4n) is 2.85. The maximum atomic E-state index is 10.00. The highest BCUT2D eigenvalue weighted by molar-refractivity contribution is 5.32. The number of nitrogens with zero attached hydrogens (tertiary/aromatic N) is 1. The molecule has 1 aliphatic rings. The minimum absolute atomic E-state index is 0.431. The van der Waals surface area contributed by atoms with Gasteiger partial charge in [-0.15, -0.1) is 0 Å². The zero-order chi connectivity index (χ0) is 9.90. The van der Waals surface area contributed by atoms with Crippen LogP contribution in [0.5, 0.6) is 0 Å². The molecular formula is C11H19NO. The third-order valence-corrected chi connectivity index (χ3v) is 2.89. The molecule has 0 heterocycles. The molecule has 0 radical (unpaired) electrons. The molecular weight excluding hydrogens is 162 g/mol. The zero-order valence-corrected chi connectivity index (χ0v) is 8.84. The second-order valence-electron chi connectivity index (χ2n) is 5.21. The van der Waals surface area contributed by atoms with Crippen molar-refractivity contribution in [3.8, 4) is 0 Å². The molecule has 0 bridgehead atoms. The van der Waals surface area contributed by atoms with Crippen molar-refractivity contribution in [1.82, 2.24) is 0 Å². The van der Waals surface area contributed by atoms with Crippen LogP contribution in [0.15, 0.2) is 4.99 Å². The summed E-state index contributed by atoms with van der Waals surface area (Å²) in [7, 11) is 0. The van der Waals surface area contributed by atoms with E-state index in [1.807, 2.05) is 0 Å². The van der Waals surface area contributed by atoms with Crippen LogP contribution >= 0.6 is 0 Å². The summed E-state index contributed by atoms with van der Waals surface area (Å²) in [6.07, 6.45) is 5.35. The van der Waals surface area contributed by atoms with Crippen molar-refractivity contribution < 1.29 is 4.79 Å². The van der Waals surface area contributed by atoms with Gasteiger partial charge in [0.1, 0.15) is 0 Å². The van der Waals surface area contributed by atoms with Gasteiger partial charge in [0.05, 0.1) is 6.54 Å². The minimum atomic E-state index is 0.431. The fraction of sp³-hybridized carbons (Fsp3) is 0.909. The monoisotopic (exact) mass is 181 g/mol. The number of carbonyl (C=O) groups excluding carboxylic acids is 1. The van der Waals surface area contributed by atoms with Crippen LogP contribution in [0.4, 0.5) is 0 Å². The lowest BCUT2D eigenvalue weighted by atomic mass is 9.68. The van der Waals surface area contributed by atoms with Gasteiger partial charge in [0.25, 0.3) is 0 Å². The van der Waals surface area contributed by atoms with Crippen molar-refractivity contribution in [2.24, 2.45) is 22.2 Å². The summed E-state index contributed by atoms with van der Waals surface area (Å²) in [5.41, 5.74) is 0.431. The Bertz CT molecular complexity index is 216. The molecule has 13 heavy (non-hydrogen) atoms. The predicted octanol–water partition coefficient (Wildman–Crippen LogP) is 2.78. The van der Waals surface area contributed by atoms with E-state index in [-0.39, 0.29) is 0 Å². The molecule has 1 fully saturated rings. The maximum absolute atomic E-state index is 10.00. The minimum Gasteiger partial charge on any atom is -0.211 e. The molecule has 74 valence electrons. The van der Waals surface area contributed by atoms with Crippen molar-refractivity contribution in [3.05, 3.63) is 0 Å². The van der Waals surface area contributed by atoms with Crippen molar-refractivity contribution >= 4 is 6.08 Å². The first kappa shape index (κ1) is 10.5. The van der Waals surface area contributed by atoms with Gasteiger partial charge in [0, 0.05) is 0 Å². The van der Waals surface area contributed by atoms with E-state index in [0.29, 0.717) is 17.9 Å². The number of rotatable bonds is 2. The molecule has 0 saturated heterocycles. The van der Waals surface area contributed by atoms with Gasteiger partial charge in [-0.1, -0.05) is 20.8 Å². The summed E-state index contributed by atoms with van der Waals surface area (Å²) >= 11 is 0. The van der Waals surface area contributed by atoms with Crippen LogP contribution in [0.3, 0.4) is 0 Å². The summed E-state index contributed by atoms with van der Waals surface area (Å²) in [4.78, 5) is 13.7. The van der Waals surface area contributed by atoms with Crippen LogP contribution in [-0.2, 0) is 4.79 Å². The molecule has 0 aromatic rings. The molecule has 0 aliphatic heterocycles. The first-order valence-corrected chi connectivity index (χ1v) is 5.07. The van der Waals surface area contributed by atoms with E-state index in [2.05, 4.69) is 25.8 Å². The quantitative estimate of drug-likeness (QED) is 0.476. The van der Waals surface area contributed by atoms with E-state index in [4.69, 9.17) is 0 Å². The predicted molar refractivity (Wildman–Crippen MR) is 53.3 cm³/mol. The molecule has 0 spiro atoms. The van der Waals surface area contributed by atoms with E-state index >= 15 is 0 Å². The summed E-state index contributed by atoms with van der Waals surface area (Å²) in [6.45, 7) is 7.58. The van der Waals surface area contributed by atoms with Crippen LogP contribution < -0.4 is 0 Å². The highest BCUT2D eigenvalue weighted by atomic mass is 16.1. The zero-order valence-electron chi connectivity index (χ0n) is 8.84.